The van der Waals surface area contributed by atoms with E-state index in [4.69, 9.17) is 4.74 Å². The van der Waals surface area contributed by atoms with Gasteiger partial charge in [0.1, 0.15) is 0 Å². The van der Waals surface area contributed by atoms with Crippen LogP contribution in [0.25, 0.3) is 0 Å². The van der Waals surface area contributed by atoms with E-state index in [9.17, 15) is 0 Å². The number of ether oxygens (including phenoxy) is 1. The maximum absolute atomic E-state index is 5.09. The monoisotopic (exact) mass is 261 g/mol. The van der Waals surface area contributed by atoms with Crippen LogP contribution in [0.3, 0.4) is 0 Å². The lowest BCUT2D eigenvalue weighted by atomic mass is 9.79. The number of nitrogens with one attached hydrogen (secondary N) is 1. The van der Waals surface area contributed by atoms with E-state index in [-0.39, 0.29) is 0 Å². The van der Waals surface area contributed by atoms with Gasteiger partial charge in [0.05, 0.1) is 6.61 Å². The molecule has 1 aromatic carbocycles. The van der Waals surface area contributed by atoms with Crippen LogP contribution in [0.4, 0.5) is 0 Å². The maximum Gasteiger partial charge on any atom is 0.0587 e. The van der Waals surface area contributed by atoms with Gasteiger partial charge in [0, 0.05) is 19.7 Å². The molecule has 0 heterocycles. The molecule has 1 aliphatic carbocycles. The van der Waals surface area contributed by atoms with E-state index in [1.165, 1.54) is 24.8 Å². The van der Waals surface area contributed by atoms with Gasteiger partial charge in [-0.2, -0.15) is 0 Å². The molecule has 2 rings (SSSR count). The summed E-state index contributed by atoms with van der Waals surface area (Å²) in [5.41, 5.74) is 3.00. The fourth-order valence-corrected chi connectivity index (χ4v) is 2.69. The van der Waals surface area contributed by atoms with Crippen LogP contribution in [0.1, 0.15) is 56.1 Å². The molecule has 1 N–H and O–H groups in total. The third-order valence-electron chi connectivity index (χ3n) is 4.54. The van der Waals surface area contributed by atoms with E-state index in [1.54, 1.807) is 12.7 Å². The Balaban J connectivity index is 1.95. The van der Waals surface area contributed by atoms with Gasteiger partial charge in [0.2, 0.25) is 0 Å². The Morgan fingerprint density at radius 1 is 1.32 bits per heavy atom. The molecule has 2 heteroatoms. The van der Waals surface area contributed by atoms with E-state index in [0.717, 1.165) is 19.1 Å². The summed E-state index contributed by atoms with van der Waals surface area (Å²) in [4.78, 5) is 0. The van der Waals surface area contributed by atoms with E-state index in [2.05, 4.69) is 43.4 Å². The van der Waals surface area contributed by atoms with Crippen LogP contribution >= 0.6 is 0 Å². The second-order valence-corrected chi connectivity index (χ2v) is 5.82. The van der Waals surface area contributed by atoms with Gasteiger partial charge >= 0.3 is 0 Å². The van der Waals surface area contributed by atoms with Gasteiger partial charge in [0.25, 0.3) is 0 Å². The molecule has 0 spiro atoms. The highest BCUT2D eigenvalue weighted by Crippen LogP contribution is 2.37. The molecule has 0 saturated heterocycles. The molecule has 0 radical (unpaired) electrons. The van der Waals surface area contributed by atoms with Crippen molar-refractivity contribution in [1.82, 2.24) is 5.32 Å². The smallest absolute Gasteiger partial charge is 0.0587 e. The number of methoxy groups -OCH3 is 1. The Labute approximate surface area is 117 Å². The highest BCUT2D eigenvalue weighted by atomic mass is 16.5. The molecule has 1 aromatic rings. The first-order chi connectivity index (χ1) is 9.22. The zero-order valence-electron chi connectivity index (χ0n) is 12.5. The Kier molecular flexibility index (Phi) is 5.41. The van der Waals surface area contributed by atoms with Crippen LogP contribution in [0.15, 0.2) is 24.3 Å². The summed E-state index contributed by atoms with van der Waals surface area (Å²) in [5, 5.41) is 3.53. The summed E-state index contributed by atoms with van der Waals surface area (Å²) in [6.45, 7) is 6.27. The van der Waals surface area contributed by atoms with Crippen molar-refractivity contribution in [1.29, 1.82) is 0 Å². The molecule has 0 bridgehead atoms. The SMILES string of the molecule is COCCNC(C)C(C)c1cccc(C2CCC2)c1. The second kappa shape index (κ2) is 7.06. The number of rotatable bonds is 7. The molecule has 0 amide bonds. The molecule has 2 nitrogen and oxygen atoms in total. The first-order valence-corrected chi connectivity index (χ1v) is 7.54. The molecule has 106 valence electrons. The number of benzene rings is 1. The third-order valence-corrected chi connectivity index (χ3v) is 4.54. The van der Waals surface area contributed by atoms with E-state index in [1.807, 2.05) is 0 Å². The van der Waals surface area contributed by atoms with Crippen molar-refractivity contribution in [2.45, 2.75) is 51.0 Å². The normalized spacial score (nSPS) is 18.9. The van der Waals surface area contributed by atoms with Crippen LogP contribution in [0.2, 0.25) is 0 Å². The van der Waals surface area contributed by atoms with Crippen LogP contribution < -0.4 is 5.32 Å². The minimum atomic E-state index is 0.479. The number of hydrogen-bond acceptors (Lipinski definition) is 2. The van der Waals surface area contributed by atoms with Crippen LogP contribution in [-0.4, -0.2) is 26.3 Å². The summed E-state index contributed by atoms with van der Waals surface area (Å²) in [5.74, 6) is 1.36. The molecular formula is C17H27NO. The quantitative estimate of drug-likeness (QED) is 0.756. The Morgan fingerprint density at radius 3 is 2.74 bits per heavy atom. The third kappa shape index (κ3) is 3.80. The van der Waals surface area contributed by atoms with Gasteiger partial charge in [-0.15, -0.1) is 0 Å². The second-order valence-electron chi connectivity index (χ2n) is 5.82. The van der Waals surface area contributed by atoms with Crippen LogP contribution in [0.5, 0.6) is 0 Å². The summed E-state index contributed by atoms with van der Waals surface area (Å²) in [7, 11) is 1.75. The lowest BCUT2D eigenvalue weighted by molar-refractivity contribution is 0.195. The Hall–Kier alpha value is -0.860. The lowest BCUT2D eigenvalue weighted by Gasteiger charge is -2.28. The summed E-state index contributed by atoms with van der Waals surface area (Å²) < 4.78 is 5.09. The molecule has 2 unspecified atom stereocenters. The number of hydrogen-bond donors (Lipinski definition) is 1. The van der Waals surface area contributed by atoms with Crippen molar-refractivity contribution in [3.8, 4) is 0 Å². The predicted molar refractivity (Wildman–Crippen MR) is 80.8 cm³/mol. The Morgan fingerprint density at radius 2 is 2.11 bits per heavy atom. The molecule has 1 fully saturated rings. The molecule has 2 atom stereocenters. The van der Waals surface area contributed by atoms with E-state index >= 15 is 0 Å². The van der Waals surface area contributed by atoms with Gasteiger partial charge in [-0.05, 0) is 42.7 Å². The molecule has 0 aliphatic heterocycles. The van der Waals surface area contributed by atoms with Gasteiger partial charge in [-0.1, -0.05) is 37.6 Å². The van der Waals surface area contributed by atoms with Crippen molar-refractivity contribution < 1.29 is 4.74 Å². The summed E-state index contributed by atoms with van der Waals surface area (Å²) >= 11 is 0. The lowest BCUT2D eigenvalue weighted by Crippen LogP contribution is -2.33. The van der Waals surface area contributed by atoms with Gasteiger partial charge in [-0.3, -0.25) is 0 Å². The topological polar surface area (TPSA) is 21.3 Å². The maximum atomic E-state index is 5.09. The highest BCUT2D eigenvalue weighted by molar-refractivity contribution is 5.30. The average Bonchev–Trinajstić information content (AvgIpc) is 2.36. The van der Waals surface area contributed by atoms with E-state index < -0.39 is 0 Å². The van der Waals surface area contributed by atoms with Crippen molar-refractivity contribution >= 4 is 0 Å². The largest absolute Gasteiger partial charge is 0.383 e. The predicted octanol–water partition coefficient (Wildman–Crippen LogP) is 3.68. The molecule has 1 aliphatic rings. The standard InChI is InChI=1S/C17H27NO/c1-13(14(2)18-10-11-19-3)16-8-5-9-17(12-16)15-6-4-7-15/h5,8-9,12-15,18H,4,6-7,10-11H2,1-3H3. The fourth-order valence-electron chi connectivity index (χ4n) is 2.69. The first kappa shape index (κ1) is 14.5. The minimum Gasteiger partial charge on any atom is -0.383 e. The van der Waals surface area contributed by atoms with Gasteiger partial charge in [-0.25, -0.2) is 0 Å². The summed E-state index contributed by atoms with van der Waals surface area (Å²) in [6.07, 6.45) is 4.15. The highest BCUT2D eigenvalue weighted by Gasteiger charge is 2.21. The molecular weight excluding hydrogens is 234 g/mol. The zero-order valence-corrected chi connectivity index (χ0v) is 12.5. The molecule has 0 aromatic heterocycles. The van der Waals surface area contributed by atoms with E-state index in [0.29, 0.717) is 12.0 Å². The minimum absolute atomic E-state index is 0.479. The first-order valence-electron chi connectivity index (χ1n) is 7.54. The van der Waals surface area contributed by atoms with Crippen molar-refractivity contribution in [3.63, 3.8) is 0 Å². The van der Waals surface area contributed by atoms with Crippen molar-refractivity contribution in [2.24, 2.45) is 0 Å². The average molecular weight is 261 g/mol. The zero-order chi connectivity index (χ0) is 13.7. The van der Waals surface area contributed by atoms with Crippen LogP contribution in [0, 0.1) is 0 Å². The molecule has 1 saturated carbocycles. The van der Waals surface area contributed by atoms with Gasteiger partial charge < -0.3 is 10.1 Å². The van der Waals surface area contributed by atoms with Crippen molar-refractivity contribution in [2.75, 3.05) is 20.3 Å². The molecule has 19 heavy (non-hydrogen) atoms. The Bertz CT molecular complexity index is 387. The van der Waals surface area contributed by atoms with Crippen LogP contribution in [-0.2, 0) is 4.74 Å². The van der Waals surface area contributed by atoms with Crippen molar-refractivity contribution in [3.05, 3.63) is 35.4 Å². The summed E-state index contributed by atoms with van der Waals surface area (Å²) in [6, 6.07) is 9.68. The van der Waals surface area contributed by atoms with Gasteiger partial charge in [0.15, 0.2) is 0 Å². The fraction of sp³-hybridized carbons (Fsp3) is 0.647.